The topological polar surface area (TPSA) is 0 Å². The number of terminal acetylenes is 2. The molecule has 0 N–H and O–H groups in total. The highest BCUT2D eigenvalue weighted by Crippen LogP contribution is 2.44. The largest absolute Gasteiger partial charge is 0.115 e. The Labute approximate surface area is 334 Å². The number of allylic oxidation sites excluding steroid dienone is 3. The van der Waals surface area contributed by atoms with Crippen LogP contribution in [0.5, 0.6) is 0 Å². The molecule has 0 fully saturated rings. The Morgan fingerprint density at radius 3 is 0.635 bits per heavy atom. The van der Waals surface area contributed by atoms with Gasteiger partial charge in [-0.15, -0.1) is 12.8 Å². The van der Waals surface area contributed by atoms with Crippen molar-refractivity contribution in [2.75, 3.05) is 0 Å². The van der Waals surface area contributed by atoms with Gasteiger partial charge in [-0.1, -0.05) is 154 Å². The van der Waals surface area contributed by atoms with Gasteiger partial charge in [-0.05, 0) is 112 Å². The van der Waals surface area contributed by atoms with Crippen molar-refractivity contribution < 1.29 is 0 Å². The number of benzene rings is 6. The monoisotopic (exact) mass is 788 g/mol. The molecule has 0 bridgehead atoms. The fraction of sp³-hybridized carbons (Fsp3) is 0. The van der Waals surface area contributed by atoms with E-state index >= 15 is 0 Å². The van der Waals surface area contributed by atoms with Gasteiger partial charge in [0.2, 0.25) is 0 Å². The van der Waals surface area contributed by atoms with Gasteiger partial charge in [0.05, 0.1) is 0 Å². The average Bonchev–Trinajstić information content (AvgIpc) is 3.15. The molecular weight excluding hydrogens is 765 g/mol. The van der Waals surface area contributed by atoms with E-state index in [4.69, 9.17) is 82.5 Å². The third-order valence-corrected chi connectivity index (χ3v) is 9.85. The molecule has 0 aliphatic heterocycles. The lowest BCUT2D eigenvalue weighted by molar-refractivity contribution is 1.42. The van der Waals surface area contributed by atoms with Gasteiger partial charge in [0, 0.05) is 58.0 Å². The first-order valence-corrected chi connectivity index (χ1v) is 18.2. The average molecular weight is 791 g/mol. The van der Waals surface area contributed by atoms with E-state index < -0.39 is 0 Å². The van der Waals surface area contributed by atoms with Gasteiger partial charge in [0.15, 0.2) is 0 Å². The molecule has 0 spiro atoms. The quantitative estimate of drug-likeness (QED) is 0.106. The Balaban J connectivity index is 1.91. The van der Waals surface area contributed by atoms with Gasteiger partial charge >= 0.3 is 0 Å². The minimum Gasteiger partial charge on any atom is -0.115 e. The van der Waals surface area contributed by atoms with Crippen LogP contribution in [-0.4, -0.2) is 0 Å². The molecule has 0 aromatic heterocycles. The molecule has 0 radical (unpaired) electrons. The first-order chi connectivity index (χ1) is 25.2. The van der Waals surface area contributed by atoms with E-state index in [9.17, 15) is 0 Å². The second-order valence-corrected chi connectivity index (χ2v) is 14.2. The Morgan fingerprint density at radius 1 is 0.288 bits per heavy atom. The number of hydrogen-bond acceptors (Lipinski definition) is 0. The van der Waals surface area contributed by atoms with Crippen LogP contribution in [0.15, 0.2) is 162 Å². The normalized spacial score (nSPS) is 10.5. The Morgan fingerprint density at radius 2 is 0.462 bits per heavy atom. The van der Waals surface area contributed by atoms with Crippen LogP contribution in [0.4, 0.5) is 0 Å². The molecule has 252 valence electrons. The van der Waals surface area contributed by atoms with Crippen molar-refractivity contribution in [3.8, 4) is 24.7 Å². The fourth-order valence-electron chi connectivity index (χ4n) is 5.98. The number of hydrogen-bond donors (Lipinski definition) is 0. The van der Waals surface area contributed by atoms with Crippen molar-refractivity contribution >= 4 is 86.3 Å². The van der Waals surface area contributed by atoms with Crippen molar-refractivity contribution in [2.45, 2.75) is 0 Å². The predicted octanol–water partition coefficient (Wildman–Crippen LogP) is 14.7. The van der Waals surface area contributed by atoms with Crippen molar-refractivity contribution in [3.63, 3.8) is 0 Å². The molecule has 0 heterocycles. The molecule has 0 amide bonds. The summed E-state index contributed by atoms with van der Waals surface area (Å²) < 4.78 is 0. The second kappa shape index (κ2) is 16.8. The van der Waals surface area contributed by atoms with Gasteiger partial charge in [-0.3, -0.25) is 0 Å². The molecule has 6 aromatic rings. The number of rotatable bonds is 8. The van der Waals surface area contributed by atoms with Crippen LogP contribution in [0, 0.1) is 24.7 Å². The smallest absolute Gasteiger partial charge is 0.0418 e. The summed E-state index contributed by atoms with van der Waals surface area (Å²) >= 11 is 38.5. The van der Waals surface area contributed by atoms with Crippen molar-refractivity contribution in [3.05, 3.63) is 226 Å². The third-order valence-electron chi connectivity index (χ3n) is 8.34. The van der Waals surface area contributed by atoms with E-state index in [1.165, 1.54) is 0 Å². The van der Waals surface area contributed by atoms with Crippen LogP contribution in [-0.2, 0) is 0 Å². The van der Waals surface area contributed by atoms with E-state index in [0.29, 0.717) is 46.9 Å². The summed E-state index contributed by atoms with van der Waals surface area (Å²) in [5.41, 5.74) is 8.83. The Bertz CT molecular complexity index is 2130. The van der Waals surface area contributed by atoms with Crippen LogP contribution < -0.4 is 0 Å². The van der Waals surface area contributed by atoms with Crippen molar-refractivity contribution in [1.29, 1.82) is 0 Å². The molecule has 6 aromatic carbocycles. The van der Waals surface area contributed by atoms with E-state index in [-0.39, 0.29) is 0 Å². The molecule has 0 saturated heterocycles. The minimum absolute atomic E-state index is 0.526. The Kier molecular flexibility index (Phi) is 12.0. The summed E-state index contributed by atoms with van der Waals surface area (Å²) in [4.78, 5) is 0. The van der Waals surface area contributed by atoms with Crippen LogP contribution in [0.3, 0.4) is 0 Å². The zero-order valence-electron chi connectivity index (χ0n) is 27.3. The SMILES string of the molecule is C#CC(C(C(C#C)=C(c1ccc(Cl)cc1)c1ccc(Cl)cc1)=C(c1ccc(Cl)cc1)c1ccc(Cl)cc1)=C(c1ccc(Cl)cc1)c1ccc(Cl)cc1. The van der Waals surface area contributed by atoms with E-state index in [0.717, 1.165) is 50.1 Å². The minimum atomic E-state index is 0.526. The van der Waals surface area contributed by atoms with E-state index in [2.05, 4.69) is 11.8 Å². The zero-order valence-corrected chi connectivity index (χ0v) is 31.8. The molecule has 0 saturated carbocycles. The van der Waals surface area contributed by atoms with E-state index in [1.54, 1.807) is 0 Å². The molecule has 0 unspecified atom stereocenters. The van der Waals surface area contributed by atoms with Gasteiger partial charge in [-0.2, -0.15) is 0 Å². The standard InChI is InChI=1S/C46H26Cl6/c1-3-41(43(29-5-17-35(47)18-6-29)30-7-19-36(48)20-8-30)46(45(33-13-25-39(51)26-14-33)34-15-27-40(52)28-16-34)42(4-2)44(31-9-21-37(49)22-10-31)32-11-23-38(50)24-12-32/h1-2,5-28H. The van der Waals surface area contributed by atoms with Crippen LogP contribution in [0.25, 0.3) is 16.7 Å². The van der Waals surface area contributed by atoms with Crippen LogP contribution in [0.2, 0.25) is 30.1 Å². The van der Waals surface area contributed by atoms with Crippen molar-refractivity contribution in [2.24, 2.45) is 0 Å². The summed E-state index contributed by atoms with van der Waals surface area (Å²) in [6, 6.07) is 45.2. The molecule has 6 heteroatoms. The van der Waals surface area contributed by atoms with Crippen LogP contribution >= 0.6 is 69.6 Å². The Hall–Kier alpha value is -4.60. The third kappa shape index (κ3) is 8.37. The zero-order chi connectivity index (χ0) is 36.8. The lowest BCUT2D eigenvalue weighted by atomic mass is 9.78. The first-order valence-electron chi connectivity index (χ1n) is 15.9. The lowest BCUT2D eigenvalue weighted by Gasteiger charge is -2.24. The molecule has 52 heavy (non-hydrogen) atoms. The first kappa shape index (κ1) is 37.2. The molecule has 0 atom stereocenters. The molecular formula is C46H26Cl6. The highest BCUT2D eigenvalue weighted by molar-refractivity contribution is 6.32. The van der Waals surface area contributed by atoms with Gasteiger partial charge < -0.3 is 0 Å². The predicted molar refractivity (Wildman–Crippen MR) is 224 cm³/mol. The lowest BCUT2D eigenvalue weighted by Crippen LogP contribution is -2.07. The summed E-state index contributed by atoms with van der Waals surface area (Å²) in [5.74, 6) is 6.19. The van der Waals surface area contributed by atoms with Crippen LogP contribution in [0.1, 0.15) is 33.4 Å². The summed E-state index contributed by atoms with van der Waals surface area (Å²) in [6.07, 6.45) is 13.4. The molecule has 0 aliphatic rings. The van der Waals surface area contributed by atoms with Gasteiger partial charge in [-0.25, -0.2) is 0 Å². The number of halogens is 6. The highest BCUT2D eigenvalue weighted by atomic mass is 35.5. The summed E-state index contributed by atoms with van der Waals surface area (Å²) in [7, 11) is 0. The summed E-state index contributed by atoms with van der Waals surface area (Å²) in [5, 5.41) is 3.48. The molecule has 6 rings (SSSR count). The van der Waals surface area contributed by atoms with Gasteiger partial charge in [0.25, 0.3) is 0 Å². The maximum atomic E-state index is 6.70. The maximum Gasteiger partial charge on any atom is 0.0418 e. The molecule has 0 aliphatic carbocycles. The molecule has 0 nitrogen and oxygen atoms in total. The second-order valence-electron chi connectivity index (χ2n) is 11.6. The van der Waals surface area contributed by atoms with E-state index in [1.807, 2.05) is 146 Å². The van der Waals surface area contributed by atoms with Gasteiger partial charge in [0.1, 0.15) is 0 Å². The fourth-order valence-corrected chi connectivity index (χ4v) is 6.73. The van der Waals surface area contributed by atoms with Crippen molar-refractivity contribution in [1.82, 2.24) is 0 Å². The highest BCUT2D eigenvalue weighted by Gasteiger charge is 2.26. The maximum absolute atomic E-state index is 6.70. The summed E-state index contributed by atoms with van der Waals surface area (Å²) in [6.45, 7) is 0.